The van der Waals surface area contributed by atoms with Gasteiger partial charge >= 0.3 is 0 Å². The van der Waals surface area contributed by atoms with Crippen LogP contribution in [0.2, 0.25) is 0 Å². The lowest BCUT2D eigenvalue weighted by molar-refractivity contribution is -0.119. The number of rotatable bonds is 10. The third kappa shape index (κ3) is 6.86. The fourth-order valence-corrected chi connectivity index (χ4v) is 2.65. The first-order valence-corrected chi connectivity index (χ1v) is 8.50. The molecule has 2 aromatic heterocycles. The standard InChI is InChI=1S/C21H26O3/c1-17(5-3-7-19-9-11-23-15-19)13-21(22)14-18(2)6-4-8-20-10-12-24-16-20/h3,6-7,9-12,15-17H,4-5,8,13-14H2,1-2H3/t17-/m0/s1. The maximum absolute atomic E-state index is 12.2. The highest BCUT2D eigenvalue weighted by molar-refractivity contribution is 5.80. The Morgan fingerprint density at radius 2 is 2.00 bits per heavy atom. The summed E-state index contributed by atoms with van der Waals surface area (Å²) >= 11 is 0. The molecule has 0 radical (unpaired) electrons. The van der Waals surface area contributed by atoms with Gasteiger partial charge in [-0.05, 0) is 49.8 Å². The van der Waals surface area contributed by atoms with Crippen molar-refractivity contribution in [2.75, 3.05) is 0 Å². The Hall–Kier alpha value is -2.29. The molecule has 3 heteroatoms. The number of carbonyl (C=O) groups excluding carboxylic acids is 1. The van der Waals surface area contributed by atoms with E-state index in [9.17, 15) is 4.79 Å². The van der Waals surface area contributed by atoms with Gasteiger partial charge in [0.25, 0.3) is 0 Å². The van der Waals surface area contributed by atoms with E-state index in [-0.39, 0.29) is 0 Å². The molecule has 24 heavy (non-hydrogen) atoms. The quantitative estimate of drug-likeness (QED) is 0.515. The average molecular weight is 326 g/mol. The second-order valence-corrected chi connectivity index (χ2v) is 6.44. The summed E-state index contributed by atoms with van der Waals surface area (Å²) in [6, 6.07) is 3.90. The van der Waals surface area contributed by atoms with Gasteiger partial charge in [-0.15, -0.1) is 0 Å². The number of aryl methyl sites for hydroxylation is 1. The molecule has 0 aliphatic heterocycles. The highest BCUT2D eigenvalue weighted by atomic mass is 16.3. The Balaban J connectivity index is 1.65. The van der Waals surface area contributed by atoms with Gasteiger partial charge in [0.15, 0.2) is 0 Å². The first-order chi connectivity index (χ1) is 11.6. The summed E-state index contributed by atoms with van der Waals surface area (Å²) in [5.74, 6) is 0.677. The van der Waals surface area contributed by atoms with E-state index < -0.39 is 0 Å². The molecule has 0 aromatic carbocycles. The minimum atomic E-state index is 0.316. The minimum absolute atomic E-state index is 0.316. The summed E-state index contributed by atoms with van der Waals surface area (Å²) in [7, 11) is 0. The van der Waals surface area contributed by atoms with Crippen LogP contribution in [0.1, 0.15) is 50.7 Å². The van der Waals surface area contributed by atoms with Gasteiger partial charge < -0.3 is 8.83 Å². The zero-order chi connectivity index (χ0) is 17.2. The Morgan fingerprint density at radius 1 is 1.21 bits per heavy atom. The van der Waals surface area contributed by atoms with E-state index in [1.807, 2.05) is 25.1 Å². The maximum atomic E-state index is 12.2. The van der Waals surface area contributed by atoms with Gasteiger partial charge in [-0.25, -0.2) is 0 Å². The summed E-state index contributed by atoms with van der Waals surface area (Å²) in [4.78, 5) is 12.2. The van der Waals surface area contributed by atoms with Crippen molar-refractivity contribution in [3.05, 3.63) is 66.0 Å². The molecule has 2 rings (SSSR count). The predicted molar refractivity (Wildman–Crippen MR) is 96.6 cm³/mol. The van der Waals surface area contributed by atoms with E-state index in [2.05, 4.69) is 19.1 Å². The van der Waals surface area contributed by atoms with E-state index in [0.717, 1.165) is 30.4 Å². The molecule has 0 aliphatic rings. The van der Waals surface area contributed by atoms with Crippen LogP contribution in [0, 0.1) is 5.92 Å². The molecule has 128 valence electrons. The lowest BCUT2D eigenvalue weighted by atomic mass is 9.97. The van der Waals surface area contributed by atoms with E-state index in [1.54, 1.807) is 25.1 Å². The molecule has 0 bridgehead atoms. The number of hydrogen-bond acceptors (Lipinski definition) is 3. The van der Waals surface area contributed by atoms with Gasteiger partial charge in [0.1, 0.15) is 5.78 Å². The minimum Gasteiger partial charge on any atom is -0.472 e. The van der Waals surface area contributed by atoms with E-state index >= 15 is 0 Å². The van der Waals surface area contributed by atoms with Gasteiger partial charge in [0, 0.05) is 18.4 Å². The number of allylic oxidation sites excluding steroid dienone is 3. The van der Waals surface area contributed by atoms with Crippen molar-refractivity contribution in [1.29, 1.82) is 0 Å². The molecule has 2 aromatic rings. The highest BCUT2D eigenvalue weighted by Crippen LogP contribution is 2.15. The number of Topliss-reactive ketones (excluding diaryl/α,β-unsaturated/α-hetero) is 1. The second-order valence-electron chi connectivity index (χ2n) is 6.44. The van der Waals surface area contributed by atoms with Gasteiger partial charge in [0.2, 0.25) is 0 Å². The summed E-state index contributed by atoms with van der Waals surface area (Å²) in [5.41, 5.74) is 3.41. The summed E-state index contributed by atoms with van der Waals surface area (Å²) < 4.78 is 10.1. The molecule has 0 fully saturated rings. The fraction of sp³-hybridized carbons (Fsp3) is 0.381. The van der Waals surface area contributed by atoms with Crippen LogP contribution in [0.25, 0.3) is 6.08 Å². The van der Waals surface area contributed by atoms with Crippen LogP contribution in [-0.2, 0) is 11.2 Å². The average Bonchev–Trinajstić information content (AvgIpc) is 3.20. The number of carbonyl (C=O) groups is 1. The molecule has 1 atom stereocenters. The SMILES string of the molecule is CC(=CCCc1ccoc1)CC(=O)C[C@@H](C)CC=Cc1ccoc1. The van der Waals surface area contributed by atoms with Crippen molar-refractivity contribution in [3.63, 3.8) is 0 Å². The predicted octanol–water partition coefficient (Wildman–Crippen LogP) is 5.84. The molecule has 0 N–H and O–H groups in total. The van der Waals surface area contributed by atoms with Crippen LogP contribution < -0.4 is 0 Å². The normalized spacial score (nSPS) is 13.5. The molecule has 0 unspecified atom stereocenters. The molecular weight excluding hydrogens is 300 g/mol. The first-order valence-electron chi connectivity index (χ1n) is 8.50. The Bertz CT molecular complexity index is 645. The van der Waals surface area contributed by atoms with Crippen molar-refractivity contribution < 1.29 is 13.6 Å². The molecule has 0 saturated heterocycles. The topological polar surface area (TPSA) is 43.4 Å². The van der Waals surface area contributed by atoms with Crippen molar-refractivity contribution in [3.8, 4) is 0 Å². The largest absolute Gasteiger partial charge is 0.472 e. The smallest absolute Gasteiger partial charge is 0.137 e. The third-order valence-electron chi connectivity index (χ3n) is 3.95. The number of hydrogen-bond donors (Lipinski definition) is 0. The van der Waals surface area contributed by atoms with E-state index in [1.165, 1.54) is 5.56 Å². The zero-order valence-electron chi connectivity index (χ0n) is 14.5. The summed E-state index contributed by atoms with van der Waals surface area (Å²) in [6.07, 6.45) is 17.1. The number of furan rings is 2. The zero-order valence-corrected chi connectivity index (χ0v) is 14.5. The second kappa shape index (κ2) is 9.76. The van der Waals surface area contributed by atoms with Crippen LogP contribution in [0.5, 0.6) is 0 Å². The van der Waals surface area contributed by atoms with Crippen LogP contribution in [-0.4, -0.2) is 5.78 Å². The summed E-state index contributed by atoms with van der Waals surface area (Å²) in [5, 5.41) is 0. The fourth-order valence-electron chi connectivity index (χ4n) is 2.65. The molecule has 2 heterocycles. The van der Waals surface area contributed by atoms with Crippen LogP contribution >= 0.6 is 0 Å². The maximum Gasteiger partial charge on any atom is 0.137 e. The third-order valence-corrected chi connectivity index (χ3v) is 3.95. The van der Waals surface area contributed by atoms with Crippen LogP contribution in [0.4, 0.5) is 0 Å². The van der Waals surface area contributed by atoms with Gasteiger partial charge in [-0.2, -0.15) is 0 Å². The van der Waals surface area contributed by atoms with Crippen LogP contribution in [0.3, 0.4) is 0 Å². The van der Waals surface area contributed by atoms with Crippen molar-refractivity contribution in [2.24, 2.45) is 5.92 Å². The lowest BCUT2D eigenvalue weighted by Crippen LogP contribution is -2.05. The van der Waals surface area contributed by atoms with Gasteiger partial charge in [0.05, 0.1) is 25.1 Å². The van der Waals surface area contributed by atoms with Crippen LogP contribution in [0.15, 0.2) is 63.7 Å². The van der Waals surface area contributed by atoms with E-state index in [4.69, 9.17) is 8.83 Å². The molecule has 3 nitrogen and oxygen atoms in total. The Kier molecular flexibility index (Phi) is 7.34. The molecule has 0 spiro atoms. The molecule has 0 saturated carbocycles. The lowest BCUT2D eigenvalue weighted by Gasteiger charge is -2.08. The van der Waals surface area contributed by atoms with E-state index in [0.29, 0.717) is 24.5 Å². The van der Waals surface area contributed by atoms with Crippen molar-refractivity contribution >= 4 is 11.9 Å². The highest BCUT2D eigenvalue weighted by Gasteiger charge is 2.08. The number of ketones is 1. The van der Waals surface area contributed by atoms with Crippen molar-refractivity contribution in [1.82, 2.24) is 0 Å². The first kappa shape index (κ1) is 18.1. The summed E-state index contributed by atoms with van der Waals surface area (Å²) in [6.45, 7) is 4.16. The van der Waals surface area contributed by atoms with Gasteiger partial charge in [-0.1, -0.05) is 30.7 Å². The monoisotopic (exact) mass is 326 g/mol. The van der Waals surface area contributed by atoms with Gasteiger partial charge in [-0.3, -0.25) is 4.79 Å². The van der Waals surface area contributed by atoms with Crippen molar-refractivity contribution in [2.45, 2.75) is 46.0 Å². The Labute approximate surface area is 144 Å². The molecular formula is C21H26O3. The molecule has 0 aliphatic carbocycles. The molecule has 0 amide bonds. The Morgan fingerprint density at radius 3 is 2.71 bits per heavy atom.